The maximum atomic E-state index is 12.4. The van der Waals surface area contributed by atoms with Crippen molar-refractivity contribution in [1.82, 2.24) is 10.6 Å². The number of nitro benzene ring substituents is 1. The third-order valence-corrected chi connectivity index (χ3v) is 3.22. The van der Waals surface area contributed by atoms with Crippen LogP contribution in [0.15, 0.2) is 54.6 Å². The summed E-state index contributed by atoms with van der Waals surface area (Å²) in [5.74, 6) is -0.789. The van der Waals surface area contributed by atoms with Gasteiger partial charge in [0.05, 0.1) is 4.92 Å². The number of nitrogens with zero attached hydrogens (tertiary/aromatic N) is 1. The second kappa shape index (κ2) is 8.44. The van der Waals surface area contributed by atoms with Gasteiger partial charge in [0.15, 0.2) is 5.75 Å². The molecule has 0 spiro atoms. The summed E-state index contributed by atoms with van der Waals surface area (Å²) in [6.07, 6.45) is -1.22. The topological polar surface area (TPSA) is 111 Å². The van der Waals surface area contributed by atoms with Crippen molar-refractivity contribution < 1.29 is 19.2 Å². The maximum absolute atomic E-state index is 12.4. The van der Waals surface area contributed by atoms with Gasteiger partial charge < -0.3 is 10.1 Å². The number of hydrogen-bond acceptors (Lipinski definition) is 5. The van der Waals surface area contributed by atoms with Gasteiger partial charge in [-0.2, -0.15) is 0 Å². The van der Waals surface area contributed by atoms with E-state index >= 15 is 0 Å². The van der Waals surface area contributed by atoms with Crippen LogP contribution in [-0.4, -0.2) is 23.4 Å². The molecule has 0 saturated heterocycles. The van der Waals surface area contributed by atoms with Gasteiger partial charge in [0, 0.05) is 18.2 Å². The SMILES string of the molecule is CCNC(=O)NC(=O)[C@H](Oc1ccccc1[N+](=O)[O-])c1ccccc1. The number of hydrogen-bond donors (Lipinski definition) is 2. The first-order valence-electron chi connectivity index (χ1n) is 7.56. The Labute approximate surface area is 144 Å². The molecule has 130 valence electrons. The fraction of sp³-hybridized carbons (Fsp3) is 0.176. The van der Waals surface area contributed by atoms with E-state index in [1.807, 2.05) is 0 Å². The van der Waals surface area contributed by atoms with E-state index in [0.29, 0.717) is 12.1 Å². The Morgan fingerprint density at radius 1 is 1.12 bits per heavy atom. The summed E-state index contributed by atoms with van der Waals surface area (Å²) in [6, 6.07) is 13.5. The van der Waals surface area contributed by atoms with Gasteiger partial charge in [-0.25, -0.2) is 4.79 Å². The minimum atomic E-state index is -1.22. The summed E-state index contributed by atoms with van der Waals surface area (Å²) >= 11 is 0. The minimum absolute atomic E-state index is 0.0626. The Balaban J connectivity index is 2.32. The van der Waals surface area contributed by atoms with Crippen LogP contribution in [-0.2, 0) is 4.79 Å². The molecule has 0 aliphatic rings. The van der Waals surface area contributed by atoms with E-state index in [2.05, 4.69) is 10.6 Å². The number of nitro groups is 1. The van der Waals surface area contributed by atoms with Gasteiger partial charge in [0.25, 0.3) is 5.91 Å². The summed E-state index contributed by atoms with van der Waals surface area (Å²) in [6.45, 7) is 2.06. The first kappa shape index (κ1) is 17.9. The maximum Gasteiger partial charge on any atom is 0.321 e. The third kappa shape index (κ3) is 4.77. The van der Waals surface area contributed by atoms with Crippen molar-refractivity contribution in [1.29, 1.82) is 0 Å². The number of ether oxygens (including phenoxy) is 1. The first-order valence-corrected chi connectivity index (χ1v) is 7.56. The van der Waals surface area contributed by atoms with Crippen LogP contribution in [0.2, 0.25) is 0 Å². The molecular weight excluding hydrogens is 326 g/mol. The van der Waals surface area contributed by atoms with E-state index in [-0.39, 0.29) is 11.4 Å². The lowest BCUT2D eigenvalue weighted by Gasteiger charge is -2.18. The summed E-state index contributed by atoms with van der Waals surface area (Å²) < 4.78 is 5.60. The monoisotopic (exact) mass is 343 g/mol. The van der Waals surface area contributed by atoms with Crippen LogP contribution in [0.5, 0.6) is 5.75 Å². The summed E-state index contributed by atoms with van der Waals surface area (Å²) in [7, 11) is 0. The van der Waals surface area contributed by atoms with E-state index < -0.39 is 23.0 Å². The lowest BCUT2D eigenvalue weighted by Crippen LogP contribution is -2.42. The molecule has 25 heavy (non-hydrogen) atoms. The molecule has 8 heteroatoms. The highest BCUT2D eigenvalue weighted by Crippen LogP contribution is 2.30. The largest absolute Gasteiger partial charge is 0.469 e. The molecule has 0 aliphatic heterocycles. The van der Waals surface area contributed by atoms with E-state index in [1.165, 1.54) is 18.2 Å². The number of nitrogens with one attached hydrogen (secondary N) is 2. The van der Waals surface area contributed by atoms with Crippen molar-refractivity contribution in [2.45, 2.75) is 13.0 Å². The Kier molecular flexibility index (Phi) is 6.05. The Hall–Kier alpha value is -3.42. The number of urea groups is 1. The summed E-state index contributed by atoms with van der Waals surface area (Å²) in [4.78, 5) is 34.6. The molecule has 0 aliphatic carbocycles. The van der Waals surface area contributed by atoms with E-state index in [0.717, 1.165) is 0 Å². The van der Waals surface area contributed by atoms with Gasteiger partial charge in [-0.1, -0.05) is 42.5 Å². The molecule has 2 aromatic carbocycles. The molecule has 0 unspecified atom stereocenters. The molecule has 0 aromatic heterocycles. The third-order valence-electron chi connectivity index (χ3n) is 3.22. The van der Waals surface area contributed by atoms with E-state index in [4.69, 9.17) is 4.74 Å². The predicted octanol–water partition coefficient (Wildman–Crippen LogP) is 2.56. The molecule has 1 atom stereocenters. The number of amides is 3. The highest BCUT2D eigenvalue weighted by Gasteiger charge is 2.27. The van der Waals surface area contributed by atoms with Crippen LogP contribution < -0.4 is 15.4 Å². The number of rotatable bonds is 6. The van der Waals surface area contributed by atoms with Gasteiger partial charge >= 0.3 is 11.7 Å². The molecule has 8 nitrogen and oxygen atoms in total. The molecule has 0 radical (unpaired) electrons. The van der Waals surface area contributed by atoms with Crippen LogP contribution in [0.1, 0.15) is 18.6 Å². The van der Waals surface area contributed by atoms with Gasteiger partial charge in [-0.05, 0) is 13.0 Å². The van der Waals surface area contributed by atoms with Crippen molar-refractivity contribution >= 4 is 17.6 Å². The van der Waals surface area contributed by atoms with Crippen molar-refractivity contribution in [3.8, 4) is 5.75 Å². The first-order chi connectivity index (χ1) is 12.0. The van der Waals surface area contributed by atoms with Crippen molar-refractivity contribution in [2.75, 3.05) is 6.54 Å². The molecule has 2 rings (SSSR count). The molecule has 0 saturated carbocycles. The number of para-hydroxylation sites is 2. The average Bonchev–Trinajstić information content (AvgIpc) is 2.60. The smallest absolute Gasteiger partial charge is 0.321 e. The predicted molar refractivity (Wildman–Crippen MR) is 90.1 cm³/mol. The zero-order valence-corrected chi connectivity index (χ0v) is 13.5. The lowest BCUT2D eigenvalue weighted by atomic mass is 10.1. The quantitative estimate of drug-likeness (QED) is 0.618. The lowest BCUT2D eigenvalue weighted by molar-refractivity contribution is -0.386. The molecular formula is C17H17N3O5. The van der Waals surface area contributed by atoms with Crippen LogP contribution in [0, 0.1) is 10.1 Å². The zero-order valence-electron chi connectivity index (χ0n) is 13.5. The fourth-order valence-electron chi connectivity index (χ4n) is 2.12. The van der Waals surface area contributed by atoms with Crippen LogP contribution in [0.3, 0.4) is 0 Å². The average molecular weight is 343 g/mol. The molecule has 0 bridgehead atoms. The summed E-state index contributed by atoms with van der Waals surface area (Å²) in [5.41, 5.74) is 0.191. The van der Waals surface area contributed by atoms with Crippen molar-refractivity contribution in [3.63, 3.8) is 0 Å². The van der Waals surface area contributed by atoms with Gasteiger partial charge in [-0.15, -0.1) is 0 Å². The van der Waals surface area contributed by atoms with Crippen molar-refractivity contribution in [2.24, 2.45) is 0 Å². The number of carbonyl (C=O) groups excluding carboxylic acids is 2. The van der Waals surface area contributed by atoms with Crippen LogP contribution in [0.25, 0.3) is 0 Å². The Bertz CT molecular complexity index is 764. The number of benzene rings is 2. The van der Waals surface area contributed by atoms with Crippen LogP contribution in [0.4, 0.5) is 10.5 Å². The Morgan fingerprint density at radius 2 is 1.76 bits per heavy atom. The molecule has 3 amide bonds. The van der Waals surface area contributed by atoms with E-state index in [1.54, 1.807) is 43.3 Å². The van der Waals surface area contributed by atoms with Gasteiger partial charge in [0.2, 0.25) is 6.10 Å². The number of imide groups is 1. The standard InChI is InChI=1S/C17H17N3O5/c1-2-18-17(22)19-16(21)15(12-8-4-3-5-9-12)25-14-11-7-6-10-13(14)20(23)24/h3-11,15H,2H2,1H3,(H2,18,19,21,22)/t15-/m1/s1. The van der Waals surface area contributed by atoms with Gasteiger partial charge in [0.1, 0.15) is 0 Å². The van der Waals surface area contributed by atoms with E-state index in [9.17, 15) is 19.7 Å². The normalized spacial score (nSPS) is 11.2. The second-order valence-electron chi connectivity index (χ2n) is 4.98. The highest BCUT2D eigenvalue weighted by molar-refractivity contribution is 5.97. The molecule has 0 fully saturated rings. The number of carbonyl (C=O) groups is 2. The van der Waals surface area contributed by atoms with Gasteiger partial charge in [-0.3, -0.25) is 20.2 Å². The highest BCUT2D eigenvalue weighted by atomic mass is 16.6. The second-order valence-corrected chi connectivity index (χ2v) is 4.98. The fourth-order valence-corrected chi connectivity index (χ4v) is 2.12. The summed E-state index contributed by atoms with van der Waals surface area (Å²) in [5, 5.41) is 15.7. The Morgan fingerprint density at radius 3 is 2.40 bits per heavy atom. The molecule has 2 aromatic rings. The minimum Gasteiger partial charge on any atom is -0.469 e. The molecule has 0 heterocycles. The molecule has 2 N–H and O–H groups in total. The van der Waals surface area contributed by atoms with Crippen LogP contribution >= 0.6 is 0 Å². The van der Waals surface area contributed by atoms with Crippen molar-refractivity contribution in [3.05, 3.63) is 70.3 Å². The zero-order chi connectivity index (χ0) is 18.2.